The number of rotatable bonds is 1. The third kappa shape index (κ3) is 4.42. The van der Waals surface area contributed by atoms with Gasteiger partial charge in [-0.1, -0.05) is 0 Å². The van der Waals surface area contributed by atoms with Gasteiger partial charge in [0.15, 0.2) is 5.82 Å². The fourth-order valence-corrected chi connectivity index (χ4v) is 2.32. The fraction of sp³-hybridized carbons (Fsp3) is 0.600. The molecular formula is C15H21F3N4O2. The van der Waals surface area contributed by atoms with E-state index in [0.717, 1.165) is 12.3 Å². The Hall–Kier alpha value is -2.19. The maximum absolute atomic E-state index is 12.6. The van der Waals surface area contributed by atoms with Gasteiger partial charge in [0, 0.05) is 32.4 Å². The van der Waals surface area contributed by atoms with E-state index in [1.165, 1.54) is 0 Å². The van der Waals surface area contributed by atoms with Crippen molar-refractivity contribution in [2.75, 3.05) is 36.8 Å². The number of anilines is 2. The van der Waals surface area contributed by atoms with Crippen LogP contribution < -0.4 is 10.6 Å². The van der Waals surface area contributed by atoms with Gasteiger partial charge in [0.05, 0.1) is 11.3 Å². The van der Waals surface area contributed by atoms with Crippen LogP contribution in [0.25, 0.3) is 0 Å². The maximum atomic E-state index is 12.6. The third-order valence-corrected chi connectivity index (χ3v) is 3.45. The van der Waals surface area contributed by atoms with E-state index in [2.05, 4.69) is 4.98 Å². The molecule has 2 heterocycles. The first-order chi connectivity index (χ1) is 11.0. The van der Waals surface area contributed by atoms with Crippen LogP contribution in [0.4, 0.5) is 29.5 Å². The highest BCUT2D eigenvalue weighted by Gasteiger charge is 2.32. The van der Waals surface area contributed by atoms with E-state index in [1.807, 2.05) is 0 Å². The Morgan fingerprint density at radius 1 is 1.21 bits per heavy atom. The van der Waals surface area contributed by atoms with Crippen molar-refractivity contribution < 1.29 is 22.7 Å². The molecule has 1 aliphatic heterocycles. The summed E-state index contributed by atoms with van der Waals surface area (Å²) in [5.41, 5.74) is 4.23. The van der Waals surface area contributed by atoms with Crippen LogP contribution in [-0.2, 0) is 10.9 Å². The smallest absolute Gasteiger partial charge is 0.417 e. The molecule has 0 spiro atoms. The van der Waals surface area contributed by atoms with Gasteiger partial charge in [0.2, 0.25) is 0 Å². The minimum absolute atomic E-state index is 0.0319. The van der Waals surface area contributed by atoms with Gasteiger partial charge in [-0.3, -0.25) is 0 Å². The summed E-state index contributed by atoms with van der Waals surface area (Å²) in [5, 5.41) is 0. The summed E-state index contributed by atoms with van der Waals surface area (Å²) in [6.45, 7) is 6.97. The molecule has 1 aromatic heterocycles. The van der Waals surface area contributed by atoms with Crippen molar-refractivity contribution >= 4 is 17.6 Å². The number of halogens is 3. The lowest BCUT2D eigenvalue weighted by atomic mass is 10.2. The number of amides is 1. The predicted molar refractivity (Wildman–Crippen MR) is 83.7 cm³/mol. The van der Waals surface area contributed by atoms with Crippen molar-refractivity contribution in [3.8, 4) is 0 Å². The zero-order chi connectivity index (χ0) is 18.1. The molecule has 2 rings (SSSR count). The van der Waals surface area contributed by atoms with E-state index in [-0.39, 0.29) is 5.69 Å². The number of alkyl halides is 3. The van der Waals surface area contributed by atoms with Crippen LogP contribution in [0.3, 0.4) is 0 Å². The highest BCUT2D eigenvalue weighted by Crippen LogP contribution is 2.32. The minimum atomic E-state index is -4.48. The number of hydrogen-bond acceptors (Lipinski definition) is 5. The number of piperazine rings is 1. The van der Waals surface area contributed by atoms with E-state index in [9.17, 15) is 18.0 Å². The number of carbonyl (C=O) groups is 1. The molecule has 1 saturated heterocycles. The van der Waals surface area contributed by atoms with Gasteiger partial charge in [0.25, 0.3) is 0 Å². The number of nitrogen functional groups attached to an aromatic ring is 1. The molecule has 6 nitrogen and oxygen atoms in total. The number of aromatic nitrogens is 1. The molecule has 0 radical (unpaired) electrons. The molecule has 0 aliphatic carbocycles. The Bertz CT molecular complexity index is 606. The Labute approximate surface area is 138 Å². The molecule has 0 unspecified atom stereocenters. The van der Waals surface area contributed by atoms with Crippen molar-refractivity contribution in [2.45, 2.75) is 32.5 Å². The van der Waals surface area contributed by atoms with Crippen molar-refractivity contribution in [3.63, 3.8) is 0 Å². The van der Waals surface area contributed by atoms with Crippen LogP contribution in [-0.4, -0.2) is 47.8 Å². The zero-order valence-electron chi connectivity index (χ0n) is 13.9. The number of ether oxygens (including phenoxy) is 1. The minimum Gasteiger partial charge on any atom is -0.444 e. The van der Waals surface area contributed by atoms with Gasteiger partial charge in [-0.2, -0.15) is 13.2 Å². The number of carbonyl (C=O) groups excluding carboxylic acids is 1. The SMILES string of the molecule is CC(C)(C)OC(=O)N1CCN(c2ncc(C(F)(F)F)cc2N)CC1. The van der Waals surface area contributed by atoms with E-state index < -0.39 is 23.4 Å². The summed E-state index contributed by atoms with van der Waals surface area (Å²) in [5.74, 6) is 0.298. The summed E-state index contributed by atoms with van der Waals surface area (Å²) in [4.78, 5) is 19.2. The van der Waals surface area contributed by atoms with E-state index >= 15 is 0 Å². The second-order valence-corrected chi connectivity index (χ2v) is 6.59. The summed E-state index contributed by atoms with van der Waals surface area (Å²) in [6, 6.07) is 0.878. The Morgan fingerprint density at radius 3 is 2.25 bits per heavy atom. The van der Waals surface area contributed by atoms with Gasteiger partial charge in [-0.25, -0.2) is 9.78 Å². The number of pyridine rings is 1. The number of nitrogens with two attached hydrogens (primary N) is 1. The quantitative estimate of drug-likeness (QED) is 0.847. The van der Waals surface area contributed by atoms with Crippen LogP contribution in [0, 0.1) is 0 Å². The van der Waals surface area contributed by atoms with Crippen molar-refractivity contribution in [1.29, 1.82) is 0 Å². The fourth-order valence-electron chi connectivity index (χ4n) is 2.32. The molecule has 1 aromatic rings. The van der Waals surface area contributed by atoms with Crippen molar-refractivity contribution in [1.82, 2.24) is 9.88 Å². The first-order valence-corrected chi connectivity index (χ1v) is 7.53. The molecule has 1 aliphatic rings. The zero-order valence-corrected chi connectivity index (χ0v) is 13.9. The molecule has 1 fully saturated rings. The summed E-state index contributed by atoms with van der Waals surface area (Å²) in [7, 11) is 0. The average Bonchev–Trinajstić information content (AvgIpc) is 2.44. The first-order valence-electron chi connectivity index (χ1n) is 7.53. The lowest BCUT2D eigenvalue weighted by Gasteiger charge is -2.36. The molecule has 134 valence electrons. The average molecular weight is 346 g/mol. The summed E-state index contributed by atoms with van der Waals surface area (Å²) in [6.07, 6.45) is -4.11. The molecule has 2 N–H and O–H groups in total. The lowest BCUT2D eigenvalue weighted by Crippen LogP contribution is -2.50. The van der Waals surface area contributed by atoms with Crippen LogP contribution in [0.5, 0.6) is 0 Å². The summed E-state index contributed by atoms with van der Waals surface area (Å²) >= 11 is 0. The van der Waals surface area contributed by atoms with Crippen LogP contribution in [0.2, 0.25) is 0 Å². The monoisotopic (exact) mass is 346 g/mol. The first kappa shape index (κ1) is 18.2. The van der Waals surface area contributed by atoms with E-state index in [1.54, 1.807) is 30.6 Å². The molecule has 9 heteroatoms. The summed E-state index contributed by atoms with van der Waals surface area (Å²) < 4.78 is 43.2. The van der Waals surface area contributed by atoms with E-state index in [0.29, 0.717) is 32.0 Å². The topological polar surface area (TPSA) is 71.7 Å². The molecule has 24 heavy (non-hydrogen) atoms. The number of nitrogens with zero attached hydrogens (tertiary/aromatic N) is 3. The second kappa shape index (κ2) is 6.37. The molecule has 1 amide bonds. The third-order valence-electron chi connectivity index (χ3n) is 3.45. The molecule has 0 atom stereocenters. The Balaban J connectivity index is 2.01. The van der Waals surface area contributed by atoms with Crippen molar-refractivity contribution in [2.24, 2.45) is 0 Å². The maximum Gasteiger partial charge on any atom is 0.417 e. The van der Waals surface area contributed by atoms with Gasteiger partial charge < -0.3 is 20.3 Å². The van der Waals surface area contributed by atoms with Crippen LogP contribution in [0.15, 0.2) is 12.3 Å². The second-order valence-electron chi connectivity index (χ2n) is 6.59. The van der Waals surface area contributed by atoms with Crippen molar-refractivity contribution in [3.05, 3.63) is 17.8 Å². The van der Waals surface area contributed by atoms with Gasteiger partial charge >= 0.3 is 12.3 Å². The molecule has 0 aromatic carbocycles. The number of hydrogen-bond donors (Lipinski definition) is 1. The van der Waals surface area contributed by atoms with Gasteiger partial charge in [0.1, 0.15) is 5.60 Å². The standard InChI is InChI=1S/C15H21F3N4O2/c1-14(2,3)24-13(23)22-6-4-21(5-7-22)12-11(19)8-10(9-20-12)15(16,17)18/h8-9H,4-7,19H2,1-3H3. The highest BCUT2D eigenvalue weighted by atomic mass is 19.4. The predicted octanol–water partition coefficient (Wildman–Crippen LogP) is 2.74. The van der Waals surface area contributed by atoms with Gasteiger partial charge in [-0.05, 0) is 26.8 Å². The lowest BCUT2D eigenvalue weighted by molar-refractivity contribution is -0.137. The Morgan fingerprint density at radius 2 is 1.79 bits per heavy atom. The largest absolute Gasteiger partial charge is 0.444 e. The van der Waals surface area contributed by atoms with Gasteiger partial charge in [-0.15, -0.1) is 0 Å². The van der Waals surface area contributed by atoms with Crippen LogP contribution >= 0.6 is 0 Å². The Kier molecular flexibility index (Phi) is 4.82. The highest BCUT2D eigenvalue weighted by molar-refractivity contribution is 5.69. The molecule has 0 saturated carbocycles. The van der Waals surface area contributed by atoms with E-state index in [4.69, 9.17) is 10.5 Å². The normalized spacial score (nSPS) is 16.2. The van der Waals surface area contributed by atoms with Crippen LogP contribution in [0.1, 0.15) is 26.3 Å². The molecular weight excluding hydrogens is 325 g/mol. The molecule has 0 bridgehead atoms.